The van der Waals surface area contributed by atoms with Crippen LogP contribution in [0.25, 0.3) is 0 Å². The first-order chi connectivity index (χ1) is 8.38. The molecule has 0 radical (unpaired) electrons. The molecule has 2 aromatic rings. The lowest BCUT2D eigenvalue weighted by Crippen LogP contribution is -2.14. The van der Waals surface area contributed by atoms with Crippen molar-refractivity contribution in [3.63, 3.8) is 0 Å². The van der Waals surface area contributed by atoms with Crippen molar-refractivity contribution in [2.45, 2.75) is 11.8 Å². The standard InChI is InChI=1S/C10H10FN3O3S/c1-6-4-10(17-13-6)14-18(15,16)9-3-2-7(12)5-8(9)11/h2-5,14H,12H2,1H3. The summed E-state index contributed by atoms with van der Waals surface area (Å²) in [4.78, 5) is -0.509. The number of aromatic nitrogens is 1. The highest BCUT2D eigenvalue weighted by Crippen LogP contribution is 2.20. The maximum absolute atomic E-state index is 13.5. The first-order valence-corrected chi connectivity index (χ1v) is 6.38. The Morgan fingerprint density at radius 3 is 2.67 bits per heavy atom. The van der Waals surface area contributed by atoms with E-state index < -0.39 is 20.7 Å². The molecule has 0 aliphatic carbocycles. The van der Waals surface area contributed by atoms with E-state index in [1.165, 1.54) is 12.1 Å². The van der Waals surface area contributed by atoms with E-state index in [1.54, 1.807) is 6.92 Å². The van der Waals surface area contributed by atoms with Crippen LogP contribution in [0.4, 0.5) is 16.0 Å². The van der Waals surface area contributed by atoms with Crippen LogP contribution in [0.15, 0.2) is 33.7 Å². The van der Waals surface area contributed by atoms with Crippen LogP contribution in [0.1, 0.15) is 5.69 Å². The van der Waals surface area contributed by atoms with Crippen molar-refractivity contribution in [1.82, 2.24) is 5.16 Å². The second-order valence-electron chi connectivity index (χ2n) is 3.63. The van der Waals surface area contributed by atoms with Gasteiger partial charge in [0.25, 0.3) is 10.0 Å². The number of hydrogen-bond donors (Lipinski definition) is 2. The lowest BCUT2D eigenvalue weighted by atomic mass is 10.3. The second-order valence-corrected chi connectivity index (χ2v) is 5.28. The molecule has 0 fully saturated rings. The van der Waals surface area contributed by atoms with E-state index in [-0.39, 0.29) is 11.6 Å². The summed E-state index contributed by atoms with van der Waals surface area (Å²) in [5, 5.41) is 3.52. The summed E-state index contributed by atoms with van der Waals surface area (Å²) in [6.45, 7) is 1.63. The Kier molecular flexibility index (Phi) is 2.95. The first-order valence-electron chi connectivity index (χ1n) is 4.89. The van der Waals surface area contributed by atoms with Crippen LogP contribution >= 0.6 is 0 Å². The highest BCUT2D eigenvalue weighted by Gasteiger charge is 2.20. The summed E-state index contributed by atoms with van der Waals surface area (Å²) < 4.78 is 44.0. The van der Waals surface area contributed by atoms with E-state index in [0.29, 0.717) is 5.69 Å². The summed E-state index contributed by atoms with van der Waals surface area (Å²) in [5.74, 6) is -1.01. The molecule has 0 aliphatic rings. The third-order valence-corrected chi connectivity index (χ3v) is 3.49. The Balaban J connectivity index is 2.36. The van der Waals surface area contributed by atoms with Gasteiger partial charge >= 0.3 is 0 Å². The Morgan fingerprint density at radius 2 is 2.11 bits per heavy atom. The molecule has 0 bridgehead atoms. The summed E-state index contributed by atoms with van der Waals surface area (Å²) >= 11 is 0. The lowest BCUT2D eigenvalue weighted by Gasteiger charge is -2.06. The van der Waals surface area contributed by atoms with Gasteiger partial charge in [-0.2, -0.15) is 0 Å². The van der Waals surface area contributed by atoms with Crippen LogP contribution < -0.4 is 10.5 Å². The fraction of sp³-hybridized carbons (Fsp3) is 0.100. The van der Waals surface area contributed by atoms with Gasteiger partial charge in [-0.15, -0.1) is 0 Å². The third kappa shape index (κ3) is 2.43. The predicted octanol–water partition coefficient (Wildman–Crippen LogP) is 1.51. The molecule has 0 atom stereocenters. The fourth-order valence-electron chi connectivity index (χ4n) is 1.33. The van der Waals surface area contributed by atoms with Gasteiger partial charge < -0.3 is 10.3 Å². The molecule has 1 aromatic carbocycles. The summed E-state index contributed by atoms with van der Waals surface area (Å²) in [5.41, 5.74) is 5.99. The number of nitrogens with two attached hydrogens (primary N) is 1. The number of nitrogens with one attached hydrogen (secondary N) is 1. The van der Waals surface area contributed by atoms with Crippen molar-refractivity contribution in [2.24, 2.45) is 0 Å². The van der Waals surface area contributed by atoms with Crippen LogP contribution in [0.2, 0.25) is 0 Å². The fourth-order valence-corrected chi connectivity index (χ4v) is 2.37. The molecule has 0 saturated carbocycles. The van der Waals surface area contributed by atoms with Gasteiger partial charge in [-0.3, -0.25) is 0 Å². The Labute approximate surface area is 103 Å². The molecule has 0 spiro atoms. The maximum Gasteiger partial charge on any atom is 0.267 e. The molecule has 96 valence electrons. The summed E-state index contributed by atoms with van der Waals surface area (Å²) in [6, 6.07) is 4.69. The van der Waals surface area contributed by atoms with Gasteiger partial charge in [0.1, 0.15) is 10.7 Å². The van der Waals surface area contributed by atoms with Crippen molar-refractivity contribution < 1.29 is 17.3 Å². The number of aryl methyl sites for hydroxylation is 1. The Morgan fingerprint density at radius 1 is 1.39 bits per heavy atom. The molecule has 6 nitrogen and oxygen atoms in total. The van der Waals surface area contributed by atoms with Crippen LogP contribution in [0, 0.1) is 12.7 Å². The minimum atomic E-state index is -4.06. The number of sulfonamides is 1. The van der Waals surface area contributed by atoms with Crippen molar-refractivity contribution in [3.05, 3.63) is 35.8 Å². The average molecular weight is 271 g/mol. The first kappa shape index (κ1) is 12.4. The monoisotopic (exact) mass is 271 g/mol. The number of benzene rings is 1. The van der Waals surface area contributed by atoms with E-state index in [1.807, 2.05) is 0 Å². The molecule has 0 aliphatic heterocycles. The molecule has 1 heterocycles. The maximum atomic E-state index is 13.5. The van der Waals surface area contributed by atoms with E-state index in [9.17, 15) is 12.8 Å². The molecule has 3 N–H and O–H groups in total. The summed E-state index contributed by atoms with van der Waals surface area (Å²) in [7, 11) is -4.06. The average Bonchev–Trinajstić information content (AvgIpc) is 2.62. The van der Waals surface area contributed by atoms with Crippen molar-refractivity contribution in [1.29, 1.82) is 0 Å². The molecule has 18 heavy (non-hydrogen) atoms. The van der Waals surface area contributed by atoms with Gasteiger partial charge in [0.15, 0.2) is 0 Å². The summed E-state index contributed by atoms with van der Waals surface area (Å²) in [6.07, 6.45) is 0. The zero-order chi connectivity index (χ0) is 13.3. The quantitative estimate of drug-likeness (QED) is 0.824. The minimum Gasteiger partial charge on any atom is -0.399 e. The highest BCUT2D eigenvalue weighted by atomic mass is 32.2. The van der Waals surface area contributed by atoms with Gasteiger partial charge in [0.2, 0.25) is 5.88 Å². The van der Waals surface area contributed by atoms with E-state index in [2.05, 4.69) is 9.88 Å². The normalized spacial score (nSPS) is 11.4. The van der Waals surface area contributed by atoms with Crippen LogP contribution in [0.5, 0.6) is 0 Å². The smallest absolute Gasteiger partial charge is 0.267 e. The van der Waals surface area contributed by atoms with Crippen LogP contribution in [-0.2, 0) is 10.0 Å². The number of nitrogen functional groups attached to an aromatic ring is 1. The van der Waals surface area contributed by atoms with Crippen molar-refractivity contribution >= 4 is 21.6 Å². The third-order valence-electron chi connectivity index (χ3n) is 2.11. The van der Waals surface area contributed by atoms with Crippen molar-refractivity contribution in [3.8, 4) is 0 Å². The van der Waals surface area contributed by atoms with E-state index in [0.717, 1.165) is 12.1 Å². The lowest BCUT2D eigenvalue weighted by molar-refractivity contribution is 0.430. The largest absolute Gasteiger partial charge is 0.399 e. The Hall–Kier alpha value is -2.09. The molecular weight excluding hydrogens is 261 g/mol. The second kappa shape index (κ2) is 4.30. The van der Waals surface area contributed by atoms with E-state index >= 15 is 0 Å². The van der Waals surface area contributed by atoms with Gasteiger partial charge in [-0.25, -0.2) is 17.5 Å². The number of halogens is 1. The zero-order valence-electron chi connectivity index (χ0n) is 9.34. The topological polar surface area (TPSA) is 98.2 Å². The van der Waals surface area contributed by atoms with Gasteiger partial charge in [-0.05, 0) is 25.1 Å². The number of rotatable bonds is 3. The Bertz CT molecular complexity index is 681. The minimum absolute atomic E-state index is 0.0799. The highest BCUT2D eigenvalue weighted by molar-refractivity contribution is 7.92. The van der Waals surface area contributed by atoms with E-state index in [4.69, 9.17) is 10.3 Å². The van der Waals surface area contributed by atoms with Crippen molar-refractivity contribution in [2.75, 3.05) is 10.5 Å². The molecule has 0 unspecified atom stereocenters. The number of nitrogens with zero attached hydrogens (tertiary/aromatic N) is 1. The SMILES string of the molecule is Cc1cc(NS(=O)(=O)c2ccc(N)cc2F)on1. The van der Waals surface area contributed by atoms with Crippen LogP contribution in [-0.4, -0.2) is 13.6 Å². The van der Waals surface area contributed by atoms with Crippen LogP contribution in [0.3, 0.4) is 0 Å². The molecule has 0 amide bonds. The molecule has 8 heteroatoms. The van der Waals surface area contributed by atoms with Gasteiger partial charge in [0, 0.05) is 11.8 Å². The molecule has 2 rings (SSSR count). The van der Waals surface area contributed by atoms with Gasteiger partial charge in [0.05, 0.1) is 5.69 Å². The number of anilines is 2. The predicted molar refractivity (Wildman–Crippen MR) is 62.9 cm³/mol. The van der Waals surface area contributed by atoms with Gasteiger partial charge in [-0.1, -0.05) is 5.16 Å². The molecular formula is C10H10FN3O3S. The molecule has 0 saturated heterocycles. The number of hydrogen-bond acceptors (Lipinski definition) is 5. The zero-order valence-corrected chi connectivity index (χ0v) is 10.2. The molecule has 1 aromatic heterocycles.